The highest BCUT2D eigenvalue weighted by Gasteiger charge is 2.18. The summed E-state index contributed by atoms with van der Waals surface area (Å²) in [6.45, 7) is 0. The van der Waals surface area contributed by atoms with E-state index in [1.807, 2.05) is 60.1 Å². The minimum Gasteiger partial charge on any atom is -0.361 e. The van der Waals surface area contributed by atoms with Crippen molar-refractivity contribution in [3.63, 3.8) is 0 Å². The molecule has 4 heteroatoms. The Labute approximate surface area is 150 Å². The van der Waals surface area contributed by atoms with Gasteiger partial charge in [-0.15, -0.1) is 11.3 Å². The summed E-state index contributed by atoms with van der Waals surface area (Å²) >= 11 is 1.66. The van der Waals surface area contributed by atoms with Gasteiger partial charge in [-0.1, -0.05) is 54.6 Å². The molecule has 0 spiro atoms. The van der Waals surface area contributed by atoms with Crippen LogP contribution in [0, 0.1) is 0 Å². The molecule has 1 atom stereocenters. The maximum absolute atomic E-state index is 12.7. The Morgan fingerprint density at radius 1 is 1.00 bits per heavy atom. The van der Waals surface area contributed by atoms with E-state index in [4.69, 9.17) is 0 Å². The van der Waals surface area contributed by atoms with E-state index >= 15 is 0 Å². The summed E-state index contributed by atoms with van der Waals surface area (Å²) in [4.78, 5) is 17.1. The van der Waals surface area contributed by atoms with Crippen LogP contribution in [0.1, 0.15) is 22.0 Å². The van der Waals surface area contributed by atoms with Crippen LogP contribution in [0.2, 0.25) is 0 Å². The molecular weight excluding hydrogens is 328 g/mol. The van der Waals surface area contributed by atoms with Crippen LogP contribution in [-0.2, 0) is 11.2 Å². The van der Waals surface area contributed by atoms with Crippen LogP contribution in [0.4, 0.5) is 0 Å². The Kier molecular flexibility index (Phi) is 4.36. The lowest BCUT2D eigenvalue weighted by Gasteiger charge is -2.18. The summed E-state index contributed by atoms with van der Waals surface area (Å²) in [5, 5.41) is 6.34. The lowest BCUT2D eigenvalue weighted by molar-refractivity contribution is -0.120. The number of H-pyrrole nitrogens is 1. The van der Waals surface area contributed by atoms with Crippen molar-refractivity contribution in [1.29, 1.82) is 0 Å². The lowest BCUT2D eigenvalue weighted by atomic mass is 10.0. The number of thiophene rings is 1. The fourth-order valence-electron chi connectivity index (χ4n) is 3.08. The van der Waals surface area contributed by atoms with Gasteiger partial charge in [-0.2, -0.15) is 0 Å². The van der Waals surface area contributed by atoms with Crippen LogP contribution in [0.3, 0.4) is 0 Å². The molecule has 0 aliphatic heterocycles. The molecule has 1 unspecified atom stereocenters. The van der Waals surface area contributed by atoms with Crippen molar-refractivity contribution in [3.8, 4) is 0 Å². The quantitative estimate of drug-likeness (QED) is 0.541. The Bertz CT molecular complexity index is 973. The molecule has 4 aromatic rings. The first-order valence-electron chi connectivity index (χ1n) is 8.24. The smallest absolute Gasteiger partial charge is 0.225 e. The highest BCUT2D eigenvalue weighted by Crippen LogP contribution is 2.26. The fraction of sp³-hybridized carbons (Fsp3) is 0.0952. The Morgan fingerprint density at radius 2 is 1.80 bits per heavy atom. The summed E-state index contributed by atoms with van der Waals surface area (Å²) in [6, 6.07) is 22.1. The predicted octanol–water partition coefficient (Wildman–Crippen LogP) is 4.68. The van der Waals surface area contributed by atoms with E-state index in [1.165, 1.54) is 0 Å². The van der Waals surface area contributed by atoms with Gasteiger partial charge in [-0.25, -0.2) is 0 Å². The van der Waals surface area contributed by atoms with E-state index in [0.717, 1.165) is 26.9 Å². The molecule has 0 aliphatic carbocycles. The van der Waals surface area contributed by atoms with Crippen molar-refractivity contribution in [3.05, 3.63) is 94.3 Å². The van der Waals surface area contributed by atoms with Gasteiger partial charge >= 0.3 is 0 Å². The second-order valence-corrected chi connectivity index (χ2v) is 6.94. The van der Waals surface area contributed by atoms with Gasteiger partial charge in [0.15, 0.2) is 0 Å². The molecule has 2 aromatic carbocycles. The zero-order valence-corrected chi connectivity index (χ0v) is 14.4. The fourth-order valence-corrected chi connectivity index (χ4v) is 3.89. The number of hydrogen-bond donors (Lipinski definition) is 2. The second-order valence-electron chi connectivity index (χ2n) is 5.96. The topological polar surface area (TPSA) is 44.9 Å². The molecule has 2 aromatic heterocycles. The SMILES string of the molecule is O=C(Cc1c[nH]c2ccccc12)NC(c1ccccc1)c1cccs1. The first-order valence-corrected chi connectivity index (χ1v) is 9.12. The number of carbonyl (C=O) groups is 1. The third-order valence-electron chi connectivity index (χ3n) is 4.29. The first kappa shape index (κ1) is 15.7. The molecule has 2 N–H and O–H groups in total. The number of amides is 1. The third kappa shape index (κ3) is 3.35. The number of rotatable bonds is 5. The van der Waals surface area contributed by atoms with E-state index in [1.54, 1.807) is 11.3 Å². The van der Waals surface area contributed by atoms with E-state index in [2.05, 4.69) is 28.5 Å². The highest BCUT2D eigenvalue weighted by molar-refractivity contribution is 7.10. The minimum atomic E-state index is -0.112. The van der Waals surface area contributed by atoms with Gasteiger partial charge < -0.3 is 10.3 Å². The normalized spacial score (nSPS) is 12.2. The van der Waals surface area contributed by atoms with Crippen molar-refractivity contribution >= 4 is 28.1 Å². The van der Waals surface area contributed by atoms with Gasteiger partial charge in [-0.05, 0) is 28.6 Å². The van der Waals surface area contributed by atoms with Gasteiger partial charge in [0.25, 0.3) is 0 Å². The monoisotopic (exact) mass is 346 g/mol. The van der Waals surface area contributed by atoms with Gasteiger partial charge in [-0.3, -0.25) is 4.79 Å². The van der Waals surface area contributed by atoms with E-state index in [9.17, 15) is 4.79 Å². The molecule has 0 aliphatic rings. The molecule has 0 radical (unpaired) electrons. The second kappa shape index (κ2) is 6.95. The van der Waals surface area contributed by atoms with Crippen LogP contribution >= 0.6 is 11.3 Å². The molecular formula is C21H18N2OS. The Hall–Kier alpha value is -2.85. The average Bonchev–Trinajstić information content (AvgIpc) is 3.31. The van der Waals surface area contributed by atoms with Crippen LogP contribution < -0.4 is 5.32 Å². The molecule has 124 valence electrons. The Balaban J connectivity index is 1.57. The molecule has 0 bridgehead atoms. The van der Waals surface area contributed by atoms with Crippen molar-refractivity contribution < 1.29 is 4.79 Å². The molecule has 0 saturated carbocycles. The number of fused-ring (bicyclic) bond motifs is 1. The average molecular weight is 346 g/mol. The molecule has 0 saturated heterocycles. The van der Waals surface area contributed by atoms with Crippen LogP contribution in [-0.4, -0.2) is 10.9 Å². The van der Waals surface area contributed by atoms with Crippen molar-refractivity contribution in [2.75, 3.05) is 0 Å². The maximum atomic E-state index is 12.7. The van der Waals surface area contributed by atoms with Crippen molar-refractivity contribution in [1.82, 2.24) is 10.3 Å². The number of nitrogens with one attached hydrogen (secondary N) is 2. The summed E-state index contributed by atoms with van der Waals surface area (Å²) in [5.41, 5.74) is 3.17. The summed E-state index contributed by atoms with van der Waals surface area (Å²) in [6.07, 6.45) is 2.28. The summed E-state index contributed by atoms with van der Waals surface area (Å²) < 4.78 is 0. The van der Waals surface area contributed by atoms with Crippen LogP contribution in [0.25, 0.3) is 10.9 Å². The lowest BCUT2D eigenvalue weighted by Crippen LogP contribution is -2.30. The van der Waals surface area contributed by atoms with E-state index < -0.39 is 0 Å². The largest absolute Gasteiger partial charge is 0.361 e. The Morgan fingerprint density at radius 3 is 2.60 bits per heavy atom. The van der Waals surface area contributed by atoms with Crippen molar-refractivity contribution in [2.45, 2.75) is 12.5 Å². The number of aromatic amines is 1. The molecule has 3 nitrogen and oxygen atoms in total. The van der Waals surface area contributed by atoms with Gasteiger partial charge in [0.05, 0.1) is 12.5 Å². The van der Waals surface area contributed by atoms with Gasteiger partial charge in [0.1, 0.15) is 0 Å². The molecule has 25 heavy (non-hydrogen) atoms. The predicted molar refractivity (Wildman–Crippen MR) is 103 cm³/mol. The molecule has 1 amide bonds. The van der Waals surface area contributed by atoms with Gasteiger partial charge in [0.2, 0.25) is 5.91 Å². The van der Waals surface area contributed by atoms with E-state index in [0.29, 0.717) is 6.42 Å². The zero-order valence-electron chi connectivity index (χ0n) is 13.6. The molecule has 4 rings (SSSR count). The maximum Gasteiger partial charge on any atom is 0.225 e. The third-order valence-corrected chi connectivity index (χ3v) is 5.23. The summed E-state index contributed by atoms with van der Waals surface area (Å²) in [7, 11) is 0. The summed E-state index contributed by atoms with van der Waals surface area (Å²) in [5.74, 6) is 0.0204. The highest BCUT2D eigenvalue weighted by atomic mass is 32.1. The van der Waals surface area contributed by atoms with Crippen LogP contribution in [0.15, 0.2) is 78.3 Å². The number of hydrogen-bond acceptors (Lipinski definition) is 2. The minimum absolute atomic E-state index is 0.0204. The number of para-hydroxylation sites is 1. The van der Waals surface area contributed by atoms with Gasteiger partial charge in [0, 0.05) is 22.0 Å². The number of carbonyl (C=O) groups excluding carboxylic acids is 1. The zero-order chi connectivity index (χ0) is 17.1. The number of benzene rings is 2. The standard InChI is InChI=1S/C21H18N2OS/c24-20(13-16-14-22-18-10-5-4-9-17(16)18)23-21(19-11-6-12-25-19)15-7-2-1-3-8-15/h1-12,14,21-22H,13H2,(H,23,24). The first-order chi connectivity index (χ1) is 12.3. The van der Waals surface area contributed by atoms with E-state index in [-0.39, 0.29) is 11.9 Å². The van der Waals surface area contributed by atoms with Crippen molar-refractivity contribution in [2.24, 2.45) is 0 Å². The number of aromatic nitrogens is 1. The molecule has 2 heterocycles. The van der Waals surface area contributed by atoms with Crippen LogP contribution in [0.5, 0.6) is 0 Å². The molecule has 0 fully saturated rings.